The van der Waals surface area contributed by atoms with E-state index in [9.17, 15) is 9.59 Å². The molecular weight excluding hydrogens is 402 g/mol. The number of hydrogen-bond donors (Lipinski definition) is 1. The van der Waals surface area contributed by atoms with Crippen LogP contribution in [-0.4, -0.2) is 36.1 Å². The van der Waals surface area contributed by atoms with Gasteiger partial charge in [-0.05, 0) is 29.8 Å². The van der Waals surface area contributed by atoms with Crippen molar-refractivity contribution in [1.82, 2.24) is 9.88 Å². The summed E-state index contributed by atoms with van der Waals surface area (Å²) < 4.78 is 7.89. The minimum atomic E-state index is -0.756. The number of carbonyl (C=O) groups excluding carboxylic acids is 2. The summed E-state index contributed by atoms with van der Waals surface area (Å²) in [4.78, 5) is 27.6. The highest BCUT2D eigenvalue weighted by atomic mass is 16.5. The van der Waals surface area contributed by atoms with Crippen molar-refractivity contribution >= 4 is 28.4 Å². The number of para-hydroxylation sites is 3. The molecule has 0 saturated carbocycles. The molecule has 1 atom stereocenters. The molecule has 5 rings (SSSR count). The number of benzene rings is 3. The van der Waals surface area contributed by atoms with Gasteiger partial charge in [0.1, 0.15) is 12.3 Å². The second-order valence-electron chi connectivity index (χ2n) is 7.73. The van der Waals surface area contributed by atoms with Crippen molar-refractivity contribution in [2.75, 3.05) is 18.5 Å². The molecule has 2 heterocycles. The van der Waals surface area contributed by atoms with Crippen LogP contribution >= 0.6 is 0 Å². The van der Waals surface area contributed by atoms with Gasteiger partial charge < -0.3 is 19.5 Å². The third-order valence-corrected chi connectivity index (χ3v) is 5.79. The maximum atomic E-state index is 13.6. The number of fused-ring (bicyclic) bond motifs is 2. The van der Waals surface area contributed by atoms with Gasteiger partial charge in [0.25, 0.3) is 5.91 Å². The summed E-state index contributed by atoms with van der Waals surface area (Å²) >= 11 is 0. The molecule has 0 unspecified atom stereocenters. The van der Waals surface area contributed by atoms with Gasteiger partial charge >= 0.3 is 0 Å². The van der Waals surface area contributed by atoms with Crippen LogP contribution in [0.5, 0.6) is 5.75 Å². The minimum Gasteiger partial charge on any atom is -0.477 e. The lowest BCUT2D eigenvalue weighted by atomic mass is 10.1. The van der Waals surface area contributed by atoms with Gasteiger partial charge in [-0.3, -0.25) is 9.59 Å². The number of ether oxygens (including phenoxy) is 1. The molecule has 0 bridgehead atoms. The average molecular weight is 425 g/mol. The monoisotopic (exact) mass is 425 g/mol. The molecule has 0 radical (unpaired) electrons. The number of rotatable bonds is 4. The number of likely N-dealkylation sites (N-methyl/N-ethyl adjacent to an activating group) is 1. The van der Waals surface area contributed by atoms with E-state index in [4.69, 9.17) is 4.74 Å². The highest BCUT2D eigenvalue weighted by molar-refractivity contribution is 5.98. The zero-order valence-corrected chi connectivity index (χ0v) is 17.7. The first-order valence-corrected chi connectivity index (χ1v) is 10.6. The molecule has 1 N–H and O–H groups in total. The molecule has 1 aliphatic rings. The van der Waals surface area contributed by atoms with Crippen LogP contribution in [0.1, 0.15) is 0 Å². The molecule has 0 saturated heterocycles. The molecule has 160 valence electrons. The van der Waals surface area contributed by atoms with Crippen LogP contribution in [0, 0.1) is 0 Å². The van der Waals surface area contributed by atoms with E-state index in [-0.39, 0.29) is 24.9 Å². The van der Waals surface area contributed by atoms with Crippen LogP contribution in [0.15, 0.2) is 84.9 Å². The first kappa shape index (κ1) is 19.9. The summed E-state index contributed by atoms with van der Waals surface area (Å²) in [6.45, 7) is 0.307. The summed E-state index contributed by atoms with van der Waals surface area (Å²) in [6.07, 6.45) is -0.756. The third-order valence-electron chi connectivity index (χ3n) is 5.79. The van der Waals surface area contributed by atoms with E-state index in [0.29, 0.717) is 11.4 Å². The Balaban J connectivity index is 1.55. The van der Waals surface area contributed by atoms with Crippen molar-refractivity contribution in [3.05, 3.63) is 84.9 Å². The summed E-state index contributed by atoms with van der Waals surface area (Å²) in [5.41, 5.74) is 3.69. The van der Waals surface area contributed by atoms with Crippen LogP contribution in [0.4, 0.5) is 5.69 Å². The Hall–Kier alpha value is -4.06. The van der Waals surface area contributed by atoms with Gasteiger partial charge in [-0.2, -0.15) is 0 Å². The molecule has 4 aromatic rings. The highest BCUT2D eigenvalue weighted by Gasteiger charge is 2.33. The molecule has 2 amide bonds. The van der Waals surface area contributed by atoms with E-state index in [1.807, 2.05) is 71.3 Å². The summed E-state index contributed by atoms with van der Waals surface area (Å²) in [7, 11) is 1.57. The number of nitrogens with zero attached hydrogens (tertiary/aromatic N) is 2. The molecule has 1 aliphatic heterocycles. The summed E-state index contributed by atoms with van der Waals surface area (Å²) in [5, 5.41) is 3.69. The topological polar surface area (TPSA) is 63.6 Å². The maximum Gasteiger partial charge on any atom is 0.262 e. The van der Waals surface area contributed by atoms with Gasteiger partial charge in [0.05, 0.1) is 12.2 Å². The molecule has 32 heavy (non-hydrogen) atoms. The first-order valence-electron chi connectivity index (χ1n) is 10.6. The highest BCUT2D eigenvalue weighted by Crippen LogP contribution is 2.34. The molecule has 6 nitrogen and oxygen atoms in total. The predicted octanol–water partition coefficient (Wildman–Crippen LogP) is 3.85. The number of hydrogen-bond acceptors (Lipinski definition) is 3. The van der Waals surface area contributed by atoms with Crippen LogP contribution in [-0.2, 0) is 16.1 Å². The van der Waals surface area contributed by atoms with Crippen molar-refractivity contribution in [3.63, 3.8) is 0 Å². The van der Waals surface area contributed by atoms with Crippen molar-refractivity contribution in [1.29, 1.82) is 0 Å². The largest absolute Gasteiger partial charge is 0.477 e. The van der Waals surface area contributed by atoms with E-state index in [1.165, 1.54) is 0 Å². The Labute approximate surface area is 186 Å². The lowest BCUT2D eigenvalue weighted by molar-refractivity contribution is -0.128. The van der Waals surface area contributed by atoms with E-state index < -0.39 is 6.10 Å². The normalized spacial score (nSPS) is 15.2. The van der Waals surface area contributed by atoms with Crippen LogP contribution < -0.4 is 15.0 Å². The molecule has 0 spiro atoms. The quantitative estimate of drug-likeness (QED) is 0.540. The van der Waals surface area contributed by atoms with Crippen molar-refractivity contribution < 1.29 is 14.3 Å². The molecule has 3 aromatic carbocycles. The van der Waals surface area contributed by atoms with Crippen LogP contribution in [0.25, 0.3) is 22.2 Å². The Morgan fingerprint density at radius 1 is 0.969 bits per heavy atom. The number of carbonyl (C=O) groups is 2. The second-order valence-corrected chi connectivity index (χ2v) is 7.73. The fourth-order valence-electron chi connectivity index (χ4n) is 4.22. The summed E-state index contributed by atoms with van der Waals surface area (Å²) in [6, 6.07) is 27.5. The SMILES string of the molecule is CNC(=O)[C@H]1CN(C(=O)Cn2c(-c3ccccc3)cc3ccccc32)c2ccccc2O1. The zero-order valence-electron chi connectivity index (χ0n) is 17.7. The van der Waals surface area contributed by atoms with Gasteiger partial charge in [0, 0.05) is 23.6 Å². The van der Waals surface area contributed by atoms with Crippen LogP contribution in [0.2, 0.25) is 0 Å². The molecule has 0 fully saturated rings. The first-order chi connectivity index (χ1) is 15.7. The van der Waals surface area contributed by atoms with Gasteiger partial charge in [-0.25, -0.2) is 0 Å². The summed E-state index contributed by atoms with van der Waals surface area (Å²) in [5.74, 6) is 0.170. The van der Waals surface area contributed by atoms with Gasteiger partial charge in [0.2, 0.25) is 5.91 Å². The lowest BCUT2D eigenvalue weighted by Gasteiger charge is -2.34. The van der Waals surface area contributed by atoms with Gasteiger partial charge in [-0.15, -0.1) is 0 Å². The Morgan fingerprint density at radius 3 is 2.50 bits per heavy atom. The lowest BCUT2D eigenvalue weighted by Crippen LogP contribution is -2.50. The van der Waals surface area contributed by atoms with E-state index in [1.54, 1.807) is 18.0 Å². The van der Waals surface area contributed by atoms with Crippen LogP contribution in [0.3, 0.4) is 0 Å². The number of aromatic nitrogens is 1. The van der Waals surface area contributed by atoms with Gasteiger partial charge in [-0.1, -0.05) is 60.7 Å². The molecule has 1 aromatic heterocycles. The number of amides is 2. The molecular formula is C26H23N3O3. The van der Waals surface area contributed by atoms with Crippen molar-refractivity contribution in [2.24, 2.45) is 0 Å². The van der Waals surface area contributed by atoms with Crippen molar-refractivity contribution in [3.8, 4) is 17.0 Å². The number of nitrogens with one attached hydrogen (secondary N) is 1. The molecule has 6 heteroatoms. The average Bonchev–Trinajstić information content (AvgIpc) is 3.21. The standard InChI is InChI=1S/C26H23N3O3/c1-27-26(31)24-16-29(21-13-7-8-14-23(21)32-24)25(30)17-28-20-12-6-5-11-19(20)15-22(28)18-9-3-2-4-10-18/h2-15,24H,16-17H2,1H3,(H,27,31)/t24-/m1/s1. The Kier molecular flexibility index (Phi) is 5.11. The zero-order chi connectivity index (χ0) is 22.1. The Morgan fingerprint density at radius 2 is 1.69 bits per heavy atom. The maximum absolute atomic E-state index is 13.6. The van der Waals surface area contributed by atoms with Gasteiger partial charge in [0.15, 0.2) is 6.10 Å². The smallest absolute Gasteiger partial charge is 0.262 e. The predicted molar refractivity (Wildman–Crippen MR) is 125 cm³/mol. The van der Waals surface area contributed by atoms with E-state index >= 15 is 0 Å². The second kappa shape index (κ2) is 8.23. The fraction of sp³-hybridized carbons (Fsp3) is 0.154. The number of anilines is 1. The Bertz CT molecular complexity index is 1300. The third kappa shape index (κ3) is 3.50. The van der Waals surface area contributed by atoms with E-state index in [2.05, 4.69) is 17.4 Å². The fourth-order valence-corrected chi connectivity index (χ4v) is 4.22. The molecule has 0 aliphatic carbocycles. The van der Waals surface area contributed by atoms with E-state index in [0.717, 1.165) is 22.2 Å². The van der Waals surface area contributed by atoms with Crippen molar-refractivity contribution in [2.45, 2.75) is 12.6 Å². The minimum absolute atomic E-state index is 0.104.